The summed E-state index contributed by atoms with van der Waals surface area (Å²) in [6.45, 7) is 0. The van der Waals surface area contributed by atoms with Crippen LogP contribution in [0.1, 0.15) is 21.7 Å². The van der Waals surface area contributed by atoms with E-state index in [0.717, 1.165) is 5.56 Å². The monoisotopic (exact) mass is 431 g/mol. The quantitative estimate of drug-likeness (QED) is 0.301. The van der Waals surface area contributed by atoms with Gasteiger partial charge in [-0.05, 0) is 60.2 Å². The van der Waals surface area contributed by atoms with Crippen LogP contribution in [-0.4, -0.2) is 18.8 Å². The van der Waals surface area contributed by atoms with Crippen molar-refractivity contribution in [2.75, 3.05) is 12.4 Å². The summed E-state index contributed by atoms with van der Waals surface area (Å²) < 4.78 is 11.0. The molecule has 1 amide bonds. The van der Waals surface area contributed by atoms with Gasteiger partial charge in [-0.15, -0.1) is 0 Å². The van der Waals surface area contributed by atoms with E-state index in [4.69, 9.17) is 20.8 Å². The Morgan fingerprint density at radius 3 is 2.39 bits per heavy atom. The van der Waals surface area contributed by atoms with Crippen molar-refractivity contribution in [3.63, 3.8) is 0 Å². The molecule has 4 rings (SSSR count). The topological polar surface area (TPSA) is 68.5 Å². The first kappa shape index (κ1) is 20.4. The second-order valence-corrected chi connectivity index (χ2v) is 7.17. The molecular weight excluding hydrogens is 414 g/mol. The Morgan fingerprint density at radius 1 is 0.968 bits per heavy atom. The van der Waals surface area contributed by atoms with E-state index in [1.165, 1.54) is 6.08 Å². The molecule has 1 aromatic heterocycles. The molecule has 4 aromatic rings. The Balaban J connectivity index is 1.65. The molecule has 0 atom stereocenters. The largest absolute Gasteiger partial charge is 0.497 e. The van der Waals surface area contributed by atoms with Gasteiger partial charge in [-0.2, -0.15) is 0 Å². The van der Waals surface area contributed by atoms with Gasteiger partial charge in [0.1, 0.15) is 11.3 Å². The number of rotatable bonds is 6. The van der Waals surface area contributed by atoms with Crippen LogP contribution in [0, 0.1) is 0 Å². The van der Waals surface area contributed by atoms with Crippen molar-refractivity contribution in [2.45, 2.75) is 0 Å². The van der Waals surface area contributed by atoms with Gasteiger partial charge >= 0.3 is 0 Å². The second kappa shape index (κ2) is 8.90. The molecular formula is C25H18ClNO4. The van der Waals surface area contributed by atoms with E-state index in [1.807, 2.05) is 6.07 Å². The molecule has 3 aromatic carbocycles. The molecule has 0 bridgehead atoms. The Kier molecular flexibility index (Phi) is 5.87. The summed E-state index contributed by atoms with van der Waals surface area (Å²) in [4.78, 5) is 25.7. The van der Waals surface area contributed by atoms with Crippen LogP contribution in [0.4, 0.5) is 5.69 Å². The number of halogens is 1. The van der Waals surface area contributed by atoms with Crippen LogP contribution in [0.15, 0.2) is 83.3 Å². The highest BCUT2D eigenvalue weighted by Crippen LogP contribution is 2.32. The normalized spacial score (nSPS) is 11.0. The first-order valence-corrected chi connectivity index (χ1v) is 9.88. The molecule has 0 saturated carbocycles. The van der Waals surface area contributed by atoms with E-state index in [0.29, 0.717) is 33.0 Å². The van der Waals surface area contributed by atoms with Crippen molar-refractivity contribution in [3.05, 3.63) is 101 Å². The van der Waals surface area contributed by atoms with Gasteiger partial charge in [-0.3, -0.25) is 9.59 Å². The number of ketones is 1. The number of fused-ring (bicyclic) bond motifs is 1. The third kappa shape index (κ3) is 4.52. The zero-order valence-corrected chi connectivity index (χ0v) is 17.3. The maximum absolute atomic E-state index is 13.1. The molecule has 154 valence electrons. The molecule has 1 N–H and O–H groups in total. The maximum atomic E-state index is 13.1. The molecule has 1 heterocycles. The molecule has 0 spiro atoms. The fourth-order valence-corrected chi connectivity index (χ4v) is 3.24. The zero-order chi connectivity index (χ0) is 21.8. The number of hydrogen-bond acceptors (Lipinski definition) is 4. The van der Waals surface area contributed by atoms with Crippen LogP contribution < -0.4 is 10.1 Å². The highest BCUT2D eigenvalue weighted by Gasteiger charge is 2.23. The van der Waals surface area contributed by atoms with Gasteiger partial charge in [0.2, 0.25) is 11.7 Å². The van der Waals surface area contributed by atoms with Gasteiger partial charge < -0.3 is 14.5 Å². The summed E-state index contributed by atoms with van der Waals surface area (Å²) >= 11 is 5.89. The van der Waals surface area contributed by atoms with Gasteiger partial charge in [0.05, 0.1) is 12.8 Å². The first-order chi connectivity index (χ1) is 15.0. The minimum Gasteiger partial charge on any atom is -0.497 e. The highest BCUT2D eigenvalue weighted by atomic mass is 35.5. The van der Waals surface area contributed by atoms with Crippen molar-refractivity contribution >= 4 is 46.0 Å². The number of para-hydroxylation sites is 1. The van der Waals surface area contributed by atoms with Crippen LogP contribution in [0.25, 0.3) is 17.0 Å². The Labute approximate surface area is 183 Å². The standard InChI is InChI=1S/C25H18ClNO4/c1-30-19-13-9-17(10-14-19)24(29)25-23(20-4-2-3-5-21(20)31-25)27-22(28)15-8-16-6-11-18(26)12-7-16/h2-15H,1H3,(H,27,28)/b15-8+. The lowest BCUT2D eigenvalue weighted by molar-refractivity contribution is -0.111. The summed E-state index contributed by atoms with van der Waals surface area (Å²) in [7, 11) is 1.56. The average molecular weight is 432 g/mol. The van der Waals surface area contributed by atoms with Crippen LogP contribution >= 0.6 is 11.6 Å². The van der Waals surface area contributed by atoms with Crippen LogP contribution in [0.3, 0.4) is 0 Å². The fraction of sp³-hybridized carbons (Fsp3) is 0.0400. The average Bonchev–Trinajstić information content (AvgIpc) is 3.16. The van der Waals surface area contributed by atoms with Gasteiger partial charge in [0.25, 0.3) is 0 Å². The highest BCUT2D eigenvalue weighted by molar-refractivity contribution is 6.30. The molecule has 0 aliphatic heterocycles. The lowest BCUT2D eigenvalue weighted by atomic mass is 10.1. The molecule has 0 unspecified atom stereocenters. The van der Waals surface area contributed by atoms with Crippen molar-refractivity contribution in [3.8, 4) is 5.75 Å². The third-order valence-electron chi connectivity index (χ3n) is 4.70. The number of amides is 1. The predicted octanol–water partition coefficient (Wildman–Crippen LogP) is 5.98. The van der Waals surface area contributed by atoms with Crippen molar-refractivity contribution < 1.29 is 18.7 Å². The summed E-state index contributed by atoms with van der Waals surface area (Å²) in [5.74, 6) is -0.0113. The maximum Gasteiger partial charge on any atom is 0.248 e. The number of ether oxygens (including phenoxy) is 1. The van der Waals surface area contributed by atoms with Gasteiger partial charge in [-0.1, -0.05) is 35.9 Å². The minimum atomic E-state index is -0.384. The number of methoxy groups -OCH3 is 1. The number of benzene rings is 3. The fourth-order valence-electron chi connectivity index (χ4n) is 3.11. The molecule has 5 nitrogen and oxygen atoms in total. The molecule has 6 heteroatoms. The number of carbonyl (C=O) groups is 2. The smallest absolute Gasteiger partial charge is 0.248 e. The number of anilines is 1. The number of carbonyl (C=O) groups excluding carboxylic acids is 2. The number of furan rings is 1. The third-order valence-corrected chi connectivity index (χ3v) is 4.95. The van der Waals surface area contributed by atoms with Crippen LogP contribution in [0.2, 0.25) is 5.02 Å². The first-order valence-electron chi connectivity index (χ1n) is 9.50. The lowest BCUT2D eigenvalue weighted by Gasteiger charge is -2.05. The van der Waals surface area contributed by atoms with Crippen LogP contribution in [-0.2, 0) is 4.79 Å². The van der Waals surface area contributed by atoms with E-state index in [2.05, 4.69) is 5.32 Å². The van der Waals surface area contributed by atoms with Gasteiger partial charge in [0.15, 0.2) is 5.76 Å². The number of hydrogen-bond donors (Lipinski definition) is 1. The molecule has 0 aliphatic rings. The van der Waals surface area contributed by atoms with E-state index in [1.54, 1.807) is 79.9 Å². The van der Waals surface area contributed by atoms with Gasteiger partial charge in [-0.25, -0.2) is 0 Å². The van der Waals surface area contributed by atoms with E-state index in [9.17, 15) is 9.59 Å². The van der Waals surface area contributed by atoms with Crippen molar-refractivity contribution in [1.29, 1.82) is 0 Å². The SMILES string of the molecule is COc1ccc(C(=O)c2oc3ccccc3c2NC(=O)/C=C/c2ccc(Cl)cc2)cc1. The van der Waals surface area contributed by atoms with E-state index >= 15 is 0 Å². The summed E-state index contributed by atoms with van der Waals surface area (Å²) in [6.07, 6.45) is 3.06. The Bertz CT molecular complexity index is 1270. The van der Waals surface area contributed by atoms with E-state index < -0.39 is 0 Å². The minimum absolute atomic E-state index is 0.0691. The summed E-state index contributed by atoms with van der Waals surface area (Å²) in [5, 5.41) is 4.06. The Morgan fingerprint density at radius 2 is 1.68 bits per heavy atom. The predicted molar refractivity (Wildman–Crippen MR) is 122 cm³/mol. The van der Waals surface area contributed by atoms with Crippen molar-refractivity contribution in [2.24, 2.45) is 0 Å². The number of nitrogens with one attached hydrogen (secondary N) is 1. The Hall–Kier alpha value is -3.83. The molecule has 0 fully saturated rings. The van der Waals surface area contributed by atoms with E-state index in [-0.39, 0.29) is 17.5 Å². The molecule has 0 radical (unpaired) electrons. The zero-order valence-electron chi connectivity index (χ0n) is 16.6. The summed E-state index contributed by atoms with van der Waals surface area (Å²) in [6, 6.07) is 21.0. The lowest BCUT2D eigenvalue weighted by Crippen LogP contribution is -2.11. The van der Waals surface area contributed by atoms with Crippen LogP contribution in [0.5, 0.6) is 5.75 Å². The van der Waals surface area contributed by atoms with Crippen molar-refractivity contribution in [1.82, 2.24) is 0 Å². The second-order valence-electron chi connectivity index (χ2n) is 6.73. The summed E-state index contributed by atoms with van der Waals surface area (Å²) in [5.41, 5.74) is 2.09. The van der Waals surface area contributed by atoms with Gasteiger partial charge in [0, 0.05) is 22.0 Å². The molecule has 0 aliphatic carbocycles. The molecule has 0 saturated heterocycles. The molecule has 31 heavy (non-hydrogen) atoms.